The summed E-state index contributed by atoms with van der Waals surface area (Å²) in [5, 5.41) is 3.62. The van der Waals surface area contributed by atoms with E-state index in [-0.39, 0.29) is 0 Å². The largest absolute Gasteiger partial charge is 0.456 e. The molecular formula is C60H41NO. The van der Waals surface area contributed by atoms with Crippen LogP contribution in [0, 0.1) is 0 Å². The van der Waals surface area contributed by atoms with Crippen molar-refractivity contribution in [1.29, 1.82) is 0 Å². The van der Waals surface area contributed by atoms with Crippen LogP contribution in [0.3, 0.4) is 0 Å². The molecule has 0 aliphatic rings. The highest BCUT2D eigenvalue weighted by Crippen LogP contribution is 2.40. The third kappa shape index (κ3) is 7.14. The Hall–Kier alpha value is -8.20. The second-order valence-corrected chi connectivity index (χ2v) is 15.7. The molecule has 11 rings (SSSR count). The number of anilines is 3. The van der Waals surface area contributed by atoms with E-state index in [2.05, 4.69) is 235 Å². The molecule has 0 amide bonds. The second kappa shape index (κ2) is 16.1. The molecule has 0 radical (unpaired) electrons. The van der Waals surface area contributed by atoms with Crippen molar-refractivity contribution in [2.75, 3.05) is 4.90 Å². The zero-order valence-electron chi connectivity index (χ0n) is 34.0. The molecule has 1 aromatic heterocycles. The number of hydrogen-bond acceptors (Lipinski definition) is 2. The van der Waals surface area contributed by atoms with Gasteiger partial charge in [-0.2, -0.15) is 0 Å². The summed E-state index contributed by atoms with van der Waals surface area (Å²) in [5.74, 6) is 0.866. The number of para-hydroxylation sites is 1. The van der Waals surface area contributed by atoms with E-state index in [0.29, 0.717) is 0 Å². The summed E-state index contributed by atoms with van der Waals surface area (Å²) in [6, 6.07) is 88.9. The molecule has 0 atom stereocenters. The maximum atomic E-state index is 6.34. The molecule has 1 heterocycles. The molecule has 0 aliphatic heterocycles. The Kier molecular flexibility index (Phi) is 9.57. The highest BCUT2D eigenvalue weighted by molar-refractivity contribution is 5.97. The standard InChI is InChI=1S/C60H41NO/c1-2-11-42(12-3-1)43-21-23-44(24-22-43)46-29-35-52(36-30-46)61(54-39-33-50(34-40-54)57-17-7-8-18-58(57)60-41-51-14-5-9-20-59(51)62-60)53-37-31-47(32-38-53)45-25-27-49(28-26-45)56-19-10-15-48-13-4-6-16-55(48)56/h1-41H. The predicted molar refractivity (Wildman–Crippen MR) is 261 cm³/mol. The second-order valence-electron chi connectivity index (χ2n) is 15.7. The Morgan fingerprint density at radius 2 is 0.645 bits per heavy atom. The summed E-state index contributed by atoms with van der Waals surface area (Å²) in [6.07, 6.45) is 0. The first-order valence-corrected chi connectivity index (χ1v) is 21.2. The molecule has 10 aromatic carbocycles. The van der Waals surface area contributed by atoms with E-state index in [1.807, 2.05) is 18.2 Å². The normalized spacial score (nSPS) is 11.2. The van der Waals surface area contributed by atoms with Gasteiger partial charge < -0.3 is 9.32 Å². The summed E-state index contributed by atoms with van der Waals surface area (Å²) in [4.78, 5) is 2.34. The molecule has 0 unspecified atom stereocenters. The van der Waals surface area contributed by atoms with Crippen LogP contribution in [0.2, 0.25) is 0 Å². The van der Waals surface area contributed by atoms with Crippen molar-refractivity contribution in [3.8, 4) is 67.0 Å². The number of fused-ring (bicyclic) bond motifs is 2. The van der Waals surface area contributed by atoms with Crippen molar-refractivity contribution in [3.63, 3.8) is 0 Å². The van der Waals surface area contributed by atoms with E-state index >= 15 is 0 Å². The number of rotatable bonds is 9. The van der Waals surface area contributed by atoms with Crippen LogP contribution in [0.25, 0.3) is 88.7 Å². The van der Waals surface area contributed by atoms with Gasteiger partial charge in [0.1, 0.15) is 11.3 Å². The molecule has 2 heteroatoms. The smallest absolute Gasteiger partial charge is 0.136 e. The van der Waals surface area contributed by atoms with Crippen LogP contribution in [-0.2, 0) is 0 Å². The minimum atomic E-state index is 0.866. The van der Waals surface area contributed by atoms with E-state index in [4.69, 9.17) is 4.42 Å². The van der Waals surface area contributed by atoms with E-state index in [9.17, 15) is 0 Å². The topological polar surface area (TPSA) is 16.4 Å². The van der Waals surface area contributed by atoms with Gasteiger partial charge in [0.25, 0.3) is 0 Å². The highest BCUT2D eigenvalue weighted by atomic mass is 16.3. The van der Waals surface area contributed by atoms with Gasteiger partial charge in [-0.25, -0.2) is 0 Å². The van der Waals surface area contributed by atoms with Gasteiger partial charge in [-0.05, 0) is 115 Å². The van der Waals surface area contributed by atoms with E-state index in [0.717, 1.165) is 50.5 Å². The summed E-state index contributed by atoms with van der Waals surface area (Å²) in [7, 11) is 0. The fourth-order valence-electron chi connectivity index (χ4n) is 8.71. The van der Waals surface area contributed by atoms with Gasteiger partial charge in [-0.3, -0.25) is 0 Å². The zero-order chi connectivity index (χ0) is 41.2. The minimum absolute atomic E-state index is 0.866. The van der Waals surface area contributed by atoms with Crippen LogP contribution in [0.4, 0.5) is 17.1 Å². The molecular weight excluding hydrogens is 751 g/mol. The first-order chi connectivity index (χ1) is 30.7. The summed E-state index contributed by atoms with van der Waals surface area (Å²) in [5.41, 5.74) is 17.1. The van der Waals surface area contributed by atoms with Gasteiger partial charge in [0.15, 0.2) is 0 Å². The SMILES string of the molecule is c1ccc(-c2ccc(-c3ccc(N(c4ccc(-c5ccc(-c6cccc7ccccc67)cc5)cc4)c4ccc(-c5ccccc5-c5cc6ccccc6o5)cc4)cc3)cc2)cc1. The van der Waals surface area contributed by atoms with Crippen LogP contribution < -0.4 is 4.90 Å². The Morgan fingerprint density at radius 3 is 1.23 bits per heavy atom. The lowest BCUT2D eigenvalue weighted by Crippen LogP contribution is -2.09. The fraction of sp³-hybridized carbons (Fsp3) is 0. The Labute approximate surface area is 362 Å². The maximum Gasteiger partial charge on any atom is 0.136 e. The molecule has 0 saturated heterocycles. The monoisotopic (exact) mass is 791 g/mol. The van der Waals surface area contributed by atoms with Crippen LogP contribution in [0.5, 0.6) is 0 Å². The van der Waals surface area contributed by atoms with Crippen LogP contribution >= 0.6 is 0 Å². The van der Waals surface area contributed by atoms with Crippen molar-refractivity contribution in [3.05, 3.63) is 249 Å². The average molecular weight is 792 g/mol. The molecule has 0 aliphatic carbocycles. The molecule has 0 fully saturated rings. The van der Waals surface area contributed by atoms with Crippen LogP contribution in [0.15, 0.2) is 253 Å². The Bertz CT molecular complexity index is 3250. The first-order valence-electron chi connectivity index (χ1n) is 21.2. The van der Waals surface area contributed by atoms with Crippen molar-refractivity contribution in [1.82, 2.24) is 0 Å². The molecule has 2 nitrogen and oxygen atoms in total. The van der Waals surface area contributed by atoms with Gasteiger partial charge in [-0.15, -0.1) is 0 Å². The lowest BCUT2D eigenvalue weighted by atomic mass is 9.96. The quantitative estimate of drug-likeness (QED) is 0.145. The Morgan fingerprint density at radius 1 is 0.258 bits per heavy atom. The Balaban J connectivity index is 0.924. The fourth-order valence-corrected chi connectivity index (χ4v) is 8.71. The van der Waals surface area contributed by atoms with Gasteiger partial charge in [0, 0.05) is 28.0 Å². The van der Waals surface area contributed by atoms with Crippen molar-refractivity contribution >= 4 is 38.8 Å². The van der Waals surface area contributed by atoms with E-state index in [1.165, 1.54) is 55.3 Å². The van der Waals surface area contributed by atoms with Crippen molar-refractivity contribution in [2.45, 2.75) is 0 Å². The molecule has 0 spiro atoms. The third-order valence-corrected chi connectivity index (χ3v) is 11.9. The number of benzene rings is 10. The molecule has 11 aromatic rings. The summed E-state index contributed by atoms with van der Waals surface area (Å²) >= 11 is 0. The van der Waals surface area contributed by atoms with Gasteiger partial charge in [0.05, 0.1) is 0 Å². The molecule has 292 valence electrons. The zero-order valence-corrected chi connectivity index (χ0v) is 34.0. The van der Waals surface area contributed by atoms with E-state index in [1.54, 1.807) is 0 Å². The minimum Gasteiger partial charge on any atom is -0.456 e. The van der Waals surface area contributed by atoms with Crippen molar-refractivity contribution in [2.24, 2.45) is 0 Å². The number of hydrogen-bond donors (Lipinski definition) is 0. The maximum absolute atomic E-state index is 6.34. The molecule has 0 bridgehead atoms. The van der Waals surface area contributed by atoms with Gasteiger partial charge in [-0.1, -0.05) is 200 Å². The summed E-state index contributed by atoms with van der Waals surface area (Å²) in [6.45, 7) is 0. The molecule has 62 heavy (non-hydrogen) atoms. The average Bonchev–Trinajstić information content (AvgIpc) is 3.80. The van der Waals surface area contributed by atoms with Crippen LogP contribution in [0.1, 0.15) is 0 Å². The lowest BCUT2D eigenvalue weighted by molar-refractivity contribution is 0.632. The first kappa shape index (κ1) is 36.8. The van der Waals surface area contributed by atoms with Crippen LogP contribution in [-0.4, -0.2) is 0 Å². The van der Waals surface area contributed by atoms with Gasteiger partial charge in [0.2, 0.25) is 0 Å². The molecule has 0 N–H and O–H groups in total. The predicted octanol–water partition coefficient (Wildman–Crippen LogP) is 17.1. The van der Waals surface area contributed by atoms with Gasteiger partial charge >= 0.3 is 0 Å². The van der Waals surface area contributed by atoms with E-state index < -0.39 is 0 Å². The molecule has 0 saturated carbocycles. The number of furan rings is 1. The number of nitrogens with zero attached hydrogens (tertiary/aromatic N) is 1. The highest BCUT2D eigenvalue weighted by Gasteiger charge is 2.16. The third-order valence-electron chi connectivity index (χ3n) is 11.9. The van der Waals surface area contributed by atoms with Crippen molar-refractivity contribution < 1.29 is 4.42 Å². The lowest BCUT2D eigenvalue weighted by Gasteiger charge is -2.26. The summed E-state index contributed by atoms with van der Waals surface area (Å²) < 4.78 is 6.34.